The summed E-state index contributed by atoms with van der Waals surface area (Å²) in [5, 5.41) is 3.02. The van der Waals surface area contributed by atoms with Gasteiger partial charge in [-0.05, 0) is 42.9 Å². The number of carbonyl (C=O) groups is 1. The van der Waals surface area contributed by atoms with Crippen molar-refractivity contribution >= 4 is 11.6 Å². The highest BCUT2D eigenvalue weighted by molar-refractivity contribution is 5.96. The van der Waals surface area contributed by atoms with E-state index in [0.29, 0.717) is 0 Å². The molecule has 118 valence electrons. The topological polar surface area (TPSA) is 51.1 Å². The van der Waals surface area contributed by atoms with E-state index in [0.717, 1.165) is 30.5 Å². The maximum Gasteiger partial charge on any atom is 0.250 e. The van der Waals surface area contributed by atoms with E-state index in [2.05, 4.69) is 29.6 Å². The summed E-state index contributed by atoms with van der Waals surface area (Å²) in [6.45, 7) is 1.85. The van der Waals surface area contributed by atoms with Gasteiger partial charge in [-0.1, -0.05) is 24.3 Å². The Balaban J connectivity index is 1.57. The summed E-state index contributed by atoms with van der Waals surface area (Å²) in [5.74, 6) is 0.117. The van der Waals surface area contributed by atoms with Gasteiger partial charge >= 0.3 is 0 Å². The number of aromatic nitrogens is 1. The van der Waals surface area contributed by atoms with Crippen molar-refractivity contribution in [1.29, 1.82) is 0 Å². The monoisotopic (exact) mass is 308 g/mol. The van der Waals surface area contributed by atoms with E-state index in [1.807, 2.05) is 6.92 Å². The second kappa shape index (κ2) is 4.82. The van der Waals surface area contributed by atoms with E-state index in [-0.39, 0.29) is 22.8 Å². The molecule has 0 unspecified atom stereocenters. The van der Waals surface area contributed by atoms with Crippen LogP contribution in [-0.4, -0.2) is 10.5 Å². The van der Waals surface area contributed by atoms with Crippen molar-refractivity contribution in [3.8, 4) is 0 Å². The molecule has 0 bridgehead atoms. The minimum Gasteiger partial charge on any atom is -0.324 e. The number of hydrogen-bond donors (Lipinski definition) is 1. The number of rotatable bonds is 2. The lowest BCUT2D eigenvalue weighted by Gasteiger charge is -2.13. The number of nitrogens with one attached hydrogen (secondary N) is 1. The number of aryl methyl sites for hydroxylation is 3. The van der Waals surface area contributed by atoms with Gasteiger partial charge in [-0.3, -0.25) is 9.59 Å². The Hall–Kier alpha value is -2.36. The molecule has 1 aromatic heterocycles. The molecule has 1 amide bonds. The molecule has 2 aliphatic rings. The van der Waals surface area contributed by atoms with Crippen molar-refractivity contribution in [2.45, 2.75) is 31.6 Å². The Bertz CT molecular complexity index is 868. The normalized spacial score (nSPS) is 24.5. The Kier molecular flexibility index (Phi) is 2.98. The molecule has 1 aromatic carbocycles. The van der Waals surface area contributed by atoms with Crippen LogP contribution in [0.2, 0.25) is 0 Å². The largest absolute Gasteiger partial charge is 0.324 e. The van der Waals surface area contributed by atoms with Crippen molar-refractivity contribution < 1.29 is 4.79 Å². The Morgan fingerprint density at radius 2 is 2.13 bits per heavy atom. The molecule has 0 saturated heterocycles. The molecule has 1 N–H and O–H groups in total. The van der Waals surface area contributed by atoms with Crippen LogP contribution in [0.3, 0.4) is 0 Å². The van der Waals surface area contributed by atoms with Gasteiger partial charge in [-0.2, -0.15) is 0 Å². The first-order valence-corrected chi connectivity index (χ1v) is 8.08. The fourth-order valence-corrected chi connectivity index (χ4v) is 4.01. The van der Waals surface area contributed by atoms with Crippen LogP contribution in [0.4, 0.5) is 5.69 Å². The van der Waals surface area contributed by atoms with Crippen molar-refractivity contribution in [2.75, 3.05) is 5.32 Å². The summed E-state index contributed by atoms with van der Waals surface area (Å²) in [5.41, 5.74) is 4.27. The van der Waals surface area contributed by atoms with E-state index >= 15 is 0 Å². The Morgan fingerprint density at radius 1 is 1.35 bits per heavy atom. The molecular weight excluding hydrogens is 288 g/mol. The third-order valence-electron chi connectivity index (χ3n) is 5.48. The van der Waals surface area contributed by atoms with Gasteiger partial charge in [0.1, 0.15) is 0 Å². The highest BCUT2D eigenvalue weighted by Gasteiger charge is 2.61. The average Bonchev–Trinajstić information content (AvgIpc) is 3.15. The molecule has 4 nitrogen and oxygen atoms in total. The fourth-order valence-electron chi connectivity index (χ4n) is 4.01. The molecule has 23 heavy (non-hydrogen) atoms. The van der Waals surface area contributed by atoms with Crippen LogP contribution in [0.25, 0.3) is 0 Å². The van der Waals surface area contributed by atoms with Crippen LogP contribution < -0.4 is 10.9 Å². The molecule has 0 radical (unpaired) electrons. The minimum atomic E-state index is -0.0619. The first kappa shape index (κ1) is 14.2. The maximum absolute atomic E-state index is 12.7. The lowest BCUT2D eigenvalue weighted by molar-refractivity contribution is -0.117. The van der Waals surface area contributed by atoms with Crippen molar-refractivity contribution in [2.24, 2.45) is 13.0 Å². The third-order valence-corrected chi connectivity index (χ3v) is 5.48. The summed E-state index contributed by atoms with van der Waals surface area (Å²) in [4.78, 5) is 24.3. The van der Waals surface area contributed by atoms with E-state index in [9.17, 15) is 9.59 Å². The molecule has 2 atom stereocenters. The van der Waals surface area contributed by atoms with Crippen molar-refractivity contribution in [3.63, 3.8) is 0 Å². The van der Waals surface area contributed by atoms with Gasteiger partial charge in [0.25, 0.3) is 5.56 Å². The van der Waals surface area contributed by atoms with Crippen LogP contribution in [0.1, 0.15) is 29.5 Å². The molecule has 4 heteroatoms. The predicted molar refractivity (Wildman–Crippen MR) is 89.6 cm³/mol. The molecule has 0 aliphatic heterocycles. The lowest BCUT2D eigenvalue weighted by atomic mass is 9.95. The van der Waals surface area contributed by atoms with Crippen LogP contribution in [-0.2, 0) is 23.7 Å². The van der Waals surface area contributed by atoms with Gasteiger partial charge in [0, 0.05) is 30.6 Å². The fraction of sp³-hybridized carbons (Fsp3) is 0.368. The maximum atomic E-state index is 12.7. The number of anilines is 1. The van der Waals surface area contributed by atoms with Gasteiger partial charge in [0.15, 0.2) is 0 Å². The minimum absolute atomic E-state index is 0.0442. The van der Waals surface area contributed by atoms with E-state index in [4.69, 9.17) is 0 Å². The summed E-state index contributed by atoms with van der Waals surface area (Å²) >= 11 is 0. The molecule has 2 aromatic rings. The zero-order chi connectivity index (χ0) is 16.2. The lowest BCUT2D eigenvalue weighted by Crippen LogP contribution is -2.23. The van der Waals surface area contributed by atoms with Crippen LogP contribution in [0.15, 0.2) is 41.3 Å². The van der Waals surface area contributed by atoms with Gasteiger partial charge in [0.2, 0.25) is 5.91 Å². The molecule has 2 aliphatic carbocycles. The second-order valence-corrected chi connectivity index (χ2v) is 6.88. The van der Waals surface area contributed by atoms with E-state index in [1.165, 1.54) is 15.7 Å². The number of nitrogens with zero attached hydrogens (tertiary/aromatic N) is 1. The highest BCUT2D eigenvalue weighted by Crippen LogP contribution is 2.61. The van der Waals surface area contributed by atoms with Gasteiger partial charge < -0.3 is 9.88 Å². The molecule has 1 heterocycles. The average molecular weight is 308 g/mol. The van der Waals surface area contributed by atoms with Crippen LogP contribution in [0, 0.1) is 12.8 Å². The smallest absolute Gasteiger partial charge is 0.250 e. The zero-order valence-corrected chi connectivity index (χ0v) is 13.4. The SMILES string of the molecule is Cc1cc(=O)n(C)cc1NC(=O)[C@H]1C[C@@]12CCc1ccccc12. The highest BCUT2D eigenvalue weighted by atomic mass is 16.2. The second-order valence-electron chi connectivity index (χ2n) is 6.88. The number of benzene rings is 1. The summed E-state index contributed by atoms with van der Waals surface area (Å²) in [7, 11) is 1.70. The van der Waals surface area contributed by atoms with E-state index < -0.39 is 0 Å². The number of fused-ring (bicyclic) bond motifs is 2. The van der Waals surface area contributed by atoms with Gasteiger partial charge in [0.05, 0.1) is 5.69 Å². The zero-order valence-electron chi connectivity index (χ0n) is 13.4. The van der Waals surface area contributed by atoms with Crippen LogP contribution >= 0.6 is 0 Å². The van der Waals surface area contributed by atoms with Gasteiger partial charge in [-0.25, -0.2) is 0 Å². The predicted octanol–water partition coefficient (Wildman–Crippen LogP) is 2.54. The van der Waals surface area contributed by atoms with Crippen LogP contribution in [0.5, 0.6) is 0 Å². The Morgan fingerprint density at radius 3 is 2.96 bits per heavy atom. The number of amides is 1. The first-order chi connectivity index (χ1) is 11.0. The Labute approximate surface area is 135 Å². The third kappa shape index (κ3) is 2.12. The molecule has 1 fully saturated rings. The molecular formula is C19H20N2O2. The summed E-state index contributed by atoms with van der Waals surface area (Å²) < 4.78 is 1.50. The molecule has 1 saturated carbocycles. The van der Waals surface area contributed by atoms with Gasteiger partial charge in [-0.15, -0.1) is 0 Å². The molecule has 1 spiro atoms. The van der Waals surface area contributed by atoms with E-state index in [1.54, 1.807) is 19.3 Å². The number of hydrogen-bond acceptors (Lipinski definition) is 2. The standard InChI is InChI=1S/C19H20N2O2/c1-12-9-17(22)21(2)11-16(12)20-18(23)15-10-19(15)8-7-13-5-3-4-6-14(13)19/h3-6,9,11,15H,7-8,10H2,1-2H3,(H,20,23)/t15-,19-/m1/s1. The summed E-state index contributed by atoms with van der Waals surface area (Å²) in [6, 6.07) is 10.0. The quantitative estimate of drug-likeness (QED) is 0.927. The van der Waals surface area contributed by atoms with Crippen molar-refractivity contribution in [1.82, 2.24) is 4.57 Å². The number of pyridine rings is 1. The molecule has 4 rings (SSSR count). The summed E-state index contributed by atoms with van der Waals surface area (Å²) in [6.07, 6.45) is 4.77. The number of carbonyl (C=O) groups excluding carboxylic acids is 1. The van der Waals surface area contributed by atoms with Crippen molar-refractivity contribution in [3.05, 3.63) is 63.6 Å². The first-order valence-electron chi connectivity index (χ1n) is 8.08.